The van der Waals surface area contributed by atoms with Gasteiger partial charge in [-0.15, -0.1) is 0 Å². The minimum atomic E-state index is -4.43. The first-order chi connectivity index (χ1) is 9.64. The molecule has 4 nitrogen and oxygen atoms in total. The topological polar surface area (TPSA) is 63.4 Å². The maximum atomic E-state index is 12.5. The molecule has 0 spiro atoms. The summed E-state index contributed by atoms with van der Waals surface area (Å²) in [7, 11) is -4.03. The van der Waals surface area contributed by atoms with Crippen molar-refractivity contribution in [2.45, 2.75) is 17.5 Å². The summed E-state index contributed by atoms with van der Waals surface area (Å²) < 4.78 is 63.4. The van der Waals surface area contributed by atoms with Crippen LogP contribution in [0.2, 0.25) is 5.02 Å². The standard InChI is InChI=1S/C12H12ClF3N2O2S/c13-9-2-1-3-10(17)11(9)21(19,20)18-6-4-8(5-7-18)12(14,15)16/h1-4H,5-7,17H2. The van der Waals surface area contributed by atoms with E-state index in [9.17, 15) is 21.6 Å². The van der Waals surface area contributed by atoms with Crippen molar-refractivity contribution in [1.29, 1.82) is 0 Å². The van der Waals surface area contributed by atoms with Crippen molar-refractivity contribution in [1.82, 2.24) is 4.31 Å². The molecular weight excluding hydrogens is 329 g/mol. The van der Waals surface area contributed by atoms with Gasteiger partial charge in [0.2, 0.25) is 10.0 Å². The molecule has 2 N–H and O–H groups in total. The summed E-state index contributed by atoms with van der Waals surface area (Å²) in [6.07, 6.45) is -3.96. The highest BCUT2D eigenvalue weighted by Gasteiger charge is 2.37. The number of hydrogen-bond acceptors (Lipinski definition) is 3. The van der Waals surface area contributed by atoms with Gasteiger partial charge >= 0.3 is 6.18 Å². The van der Waals surface area contributed by atoms with Gasteiger partial charge in [-0.25, -0.2) is 8.42 Å². The molecule has 1 heterocycles. The van der Waals surface area contributed by atoms with E-state index in [1.807, 2.05) is 0 Å². The van der Waals surface area contributed by atoms with E-state index < -0.39 is 28.2 Å². The Balaban J connectivity index is 2.34. The van der Waals surface area contributed by atoms with Crippen LogP contribution >= 0.6 is 11.6 Å². The Morgan fingerprint density at radius 1 is 1.29 bits per heavy atom. The van der Waals surface area contributed by atoms with Crippen molar-refractivity contribution in [3.63, 3.8) is 0 Å². The Hall–Kier alpha value is -1.25. The van der Waals surface area contributed by atoms with Crippen LogP contribution in [0.4, 0.5) is 18.9 Å². The second-order valence-electron chi connectivity index (χ2n) is 4.50. The average Bonchev–Trinajstić information content (AvgIpc) is 2.37. The van der Waals surface area contributed by atoms with Crippen molar-refractivity contribution in [3.05, 3.63) is 34.9 Å². The fourth-order valence-corrected chi connectivity index (χ4v) is 4.07. The van der Waals surface area contributed by atoms with Crippen LogP contribution in [0.25, 0.3) is 0 Å². The molecule has 0 radical (unpaired) electrons. The highest BCUT2D eigenvalue weighted by Crippen LogP contribution is 2.34. The molecule has 116 valence electrons. The third-order valence-corrected chi connectivity index (χ3v) is 5.54. The van der Waals surface area contributed by atoms with Crippen LogP contribution in [0.3, 0.4) is 0 Å². The fraction of sp³-hybridized carbons (Fsp3) is 0.333. The number of nitrogens with two attached hydrogens (primary N) is 1. The molecule has 1 aliphatic rings. The van der Waals surface area contributed by atoms with Gasteiger partial charge < -0.3 is 5.73 Å². The Labute approximate surface area is 125 Å². The van der Waals surface area contributed by atoms with Gasteiger partial charge in [0.05, 0.1) is 10.7 Å². The number of rotatable bonds is 2. The van der Waals surface area contributed by atoms with E-state index in [0.29, 0.717) is 0 Å². The van der Waals surface area contributed by atoms with Crippen LogP contribution < -0.4 is 5.73 Å². The number of alkyl halides is 3. The predicted molar refractivity (Wildman–Crippen MR) is 73.4 cm³/mol. The molecule has 1 aliphatic heterocycles. The zero-order valence-corrected chi connectivity index (χ0v) is 12.3. The van der Waals surface area contributed by atoms with Gasteiger partial charge in [0.25, 0.3) is 0 Å². The van der Waals surface area contributed by atoms with Gasteiger partial charge in [0.15, 0.2) is 0 Å². The van der Waals surface area contributed by atoms with E-state index in [4.69, 9.17) is 17.3 Å². The van der Waals surface area contributed by atoms with Crippen LogP contribution in [0, 0.1) is 0 Å². The third kappa shape index (κ3) is 3.17. The van der Waals surface area contributed by atoms with Crippen molar-refractivity contribution >= 4 is 27.3 Å². The van der Waals surface area contributed by atoms with Gasteiger partial charge in [0, 0.05) is 18.7 Å². The van der Waals surface area contributed by atoms with E-state index in [-0.39, 0.29) is 28.7 Å². The predicted octanol–water partition coefficient (Wildman–Crippen LogP) is 2.81. The Bertz CT molecular complexity index is 666. The number of sulfonamides is 1. The van der Waals surface area contributed by atoms with Crippen molar-refractivity contribution in [2.24, 2.45) is 0 Å². The third-order valence-electron chi connectivity index (χ3n) is 3.13. The van der Waals surface area contributed by atoms with Gasteiger partial charge in [-0.2, -0.15) is 17.5 Å². The van der Waals surface area contributed by atoms with E-state index in [0.717, 1.165) is 10.4 Å². The molecule has 0 bridgehead atoms. The summed E-state index contributed by atoms with van der Waals surface area (Å²) in [6.45, 7) is -0.625. The molecule has 21 heavy (non-hydrogen) atoms. The summed E-state index contributed by atoms with van der Waals surface area (Å²) in [4.78, 5) is -0.268. The van der Waals surface area contributed by atoms with Gasteiger partial charge in [-0.3, -0.25) is 0 Å². The summed E-state index contributed by atoms with van der Waals surface area (Å²) in [5.41, 5.74) is 4.87. The minimum Gasteiger partial charge on any atom is -0.398 e. The number of nitrogen functional groups attached to an aromatic ring is 1. The van der Waals surface area contributed by atoms with Gasteiger partial charge in [0.1, 0.15) is 4.90 Å². The summed E-state index contributed by atoms with van der Waals surface area (Å²) >= 11 is 5.85. The fourth-order valence-electron chi connectivity index (χ4n) is 2.05. The first-order valence-electron chi connectivity index (χ1n) is 5.94. The molecule has 0 unspecified atom stereocenters. The molecule has 0 aromatic heterocycles. The second-order valence-corrected chi connectivity index (χ2v) is 6.78. The normalized spacial score (nSPS) is 17.6. The molecule has 0 amide bonds. The quantitative estimate of drug-likeness (QED) is 0.665. The lowest BCUT2D eigenvalue weighted by molar-refractivity contribution is -0.0953. The molecule has 2 rings (SSSR count). The lowest BCUT2D eigenvalue weighted by Gasteiger charge is -2.27. The molecule has 0 aliphatic carbocycles. The number of nitrogens with zero attached hydrogens (tertiary/aromatic N) is 1. The van der Waals surface area contributed by atoms with E-state index in [2.05, 4.69) is 0 Å². The number of anilines is 1. The number of halogens is 4. The van der Waals surface area contributed by atoms with Crippen molar-refractivity contribution in [2.75, 3.05) is 18.8 Å². The maximum absolute atomic E-state index is 12.5. The Morgan fingerprint density at radius 2 is 1.95 bits per heavy atom. The highest BCUT2D eigenvalue weighted by atomic mass is 35.5. The monoisotopic (exact) mass is 340 g/mol. The maximum Gasteiger partial charge on any atom is 0.412 e. The Morgan fingerprint density at radius 3 is 2.43 bits per heavy atom. The van der Waals surface area contributed by atoms with Crippen molar-refractivity contribution in [3.8, 4) is 0 Å². The lowest BCUT2D eigenvalue weighted by Crippen LogP contribution is -2.37. The Kier molecular flexibility index (Phi) is 4.23. The largest absolute Gasteiger partial charge is 0.412 e. The molecule has 9 heteroatoms. The van der Waals surface area contributed by atoms with E-state index >= 15 is 0 Å². The van der Waals surface area contributed by atoms with Crippen LogP contribution in [0.15, 0.2) is 34.7 Å². The van der Waals surface area contributed by atoms with Gasteiger partial charge in [-0.1, -0.05) is 23.7 Å². The number of hydrogen-bond donors (Lipinski definition) is 1. The second kappa shape index (κ2) is 5.51. The van der Waals surface area contributed by atoms with E-state index in [1.54, 1.807) is 0 Å². The number of benzene rings is 1. The molecule has 0 saturated carbocycles. The molecule has 0 saturated heterocycles. The first-order valence-corrected chi connectivity index (χ1v) is 7.76. The zero-order chi connectivity index (χ0) is 15.8. The van der Waals surface area contributed by atoms with Crippen molar-refractivity contribution < 1.29 is 21.6 Å². The molecule has 0 atom stereocenters. The van der Waals surface area contributed by atoms with Crippen LogP contribution in [-0.2, 0) is 10.0 Å². The van der Waals surface area contributed by atoms with Crippen LogP contribution in [-0.4, -0.2) is 32.0 Å². The van der Waals surface area contributed by atoms with Crippen LogP contribution in [0.5, 0.6) is 0 Å². The molecular formula is C12H12ClF3N2O2S. The SMILES string of the molecule is Nc1cccc(Cl)c1S(=O)(=O)N1CC=C(C(F)(F)F)CC1. The first kappa shape index (κ1) is 16.1. The highest BCUT2D eigenvalue weighted by molar-refractivity contribution is 7.89. The summed E-state index contributed by atoms with van der Waals surface area (Å²) in [5, 5.41) is -0.0550. The molecule has 1 aromatic rings. The van der Waals surface area contributed by atoms with Gasteiger partial charge in [-0.05, 0) is 18.6 Å². The summed E-state index contributed by atoms with van der Waals surface area (Å²) in [5.74, 6) is 0. The smallest absolute Gasteiger partial charge is 0.398 e. The van der Waals surface area contributed by atoms with E-state index in [1.165, 1.54) is 18.2 Å². The minimum absolute atomic E-state index is 0.0342. The lowest BCUT2D eigenvalue weighted by atomic mass is 10.1. The zero-order valence-electron chi connectivity index (χ0n) is 10.7. The summed E-state index contributed by atoms with van der Waals surface area (Å²) in [6, 6.07) is 4.24. The molecule has 0 fully saturated rings. The van der Waals surface area contributed by atoms with Crippen LogP contribution in [0.1, 0.15) is 6.42 Å². The molecule has 1 aromatic carbocycles. The average molecular weight is 341 g/mol.